The van der Waals surface area contributed by atoms with Gasteiger partial charge in [-0.1, -0.05) is 0 Å². The van der Waals surface area contributed by atoms with Crippen molar-refractivity contribution in [2.24, 2.45) is 0 Å². The topological polar surface area (TPSA) is 103 Å². The molecule has 1 aromatic rings. The lowest BCUT2D eigenvalue weighted by molar-refractivity contribution is 0.0688. The number of sulfonamides is 1. The quantitative estimate of drug-likeness (QED) is 0.484. The van der Waals surface area contributed by atoms with Crippen LogP contribution in [0.5, 0.6) is 0 Å². The number of methoxy groups -OCH3 is 2. The Kier molecular flexibility index (Phi) is 10.3. The summed E-state index contributed by atoms with van der Waals surface area (Å²) in [4.78, 5) is 12.1. The fourth-order valence-corrected chi connectivity index (χ4v) is 2.88. The Bertz CT molecular complexity index is 604. The third kappa shape index (κ3) is 8.41. The lowest BCUT2D eigenvalue weighted by Gasteiger charge is -2.08. The minimum atomic E-state index is -3.60. The van der Waals surface area contributed by atoms with Crippen molar-refractivity contribution in [3.05, 3.63) is 29.8 Å². The summed E-state index contributed by atoms with van der Waals surface area (Å²) in [5.41, 5.74) is 0.399. The maximum absolute atomic E-state index is 12.0. The van der Waals surface area contributed by atoms with Gasteiger partial charge in [-0.25, -0.2) is 13.1 Å². The van der Waals surface area contributed by atoms with E-state index in [0.29, 0.717) is 38.3 Å². The van der Waals surface area contributed by atoms with Gasteiger partial charge in [0.05, 0.1) is 24.7 Å². The highest BCUT2D eigenvalue weighted by Crippen LogP contribution is 2.10. The van der Waals surface area contributed by atoms with Crippen molar-refractivity contribution in [2.75, 3.05) is 53.7 Å². The van der Waals surface area contributed by atoms with E-state index in [4.69, 9.17) is 14.2 Å². The first-order valence-electron chi connectivity index (χ1n) is 7.95. The summed E-state index contributed by atoms with van der Waals surface area (Å²) in [6, 6.07) is 5.76. The van der Waals surface area contributed by atoms with Crippen LogP contribution in [0.4, 0.5) is 0 Å². The van der Waals surface area contributed by atoms with Crippen LogP contribution >= 0.6 is 0 Å². The molecule has 0 radical (unpaired) electrons. The van der Waals surface area contributed by atoms with Crippen molar-refractivity contribution in [2.45, 2.75) is 11.3 Å². The van der Waals surface area contributed by atoms with Crippen molar-refractivity contribution < 1.29 is 27.4 Å². The van der Waals surface area contributed by atoms with E-state index < -0.39 is 10.0 Å². The van der Waals surface area contributed by atoms with Crippen molar-refractivity contribution >= 4 is 15.9 Å². The third-order valence-electron chi connectivity index (χ3n) is 3.21. The number of hydrogen-bond donors (Lipinski definition) is 2. The number of carbonyl (C=O) groups is 1. The molecule has 1 rings (SSSR count). The largest absolute Gasteiger partial charge is 0.383 e. The Morgan fingerprint density at radius 3 is 2.28 bits per heavy atom. The van der Waals surface area contributed by atoms with Crippen LogP contribution in [0.1, 0.15) is 16.8 Å². The summed E-state index contributed by atoms with van der Waals surface area (Å²) in [5.74, 6) is -0.256. The van der Waals surface area contributed by atoms with E-state index >= 15 is 0 Å². The molecule has 0 spiro atoms. The molecule has 0 saturated heterocycles. The maximum Gasteiger partial charge on any atom is 0.251 e. The van der Waals surface area contributed by atoms with Crippen LogP contribution in [0, 0.1) is 0 Å². The molecule has 1 aromatic carbocycles. The fourth-order valence-electron chi connectivity index (χ4n) is 1.87. The predicted octanol–water partition coefficient (Wildman–Crippen LogP) is 0.394. The first kappa shape index (κ1) is 21.5. The minimum Gasteiger partial charge on any atom is -0.383 e. The Balaban J connectivity index is 2.41. The van der Waals surface area contributed by atoms with E-state index in [1.165, 1.54) is 31.4 Å². The van der Waals surface area contributed by atoms with Gasteiger partial charge in [-0.05, 0) is 30.7 Å². The van der Waals surface area contributed by atoms with E-state index in [2.05, 4.69) is 10.0 Å². The second-order valence-electron chi connectivity index (χ2n) is 5.13. The molecule has 0 aliphatic heterocycles. The second-order valence-corrected chi connectivity index (χ2v) is 6.90. The molecular formula is C16H26N2O6S. The molecule has 0 bridgehead atoms. The van der Waals surface area contributed by atoms with Crippen LogP contribution in [0.25, 0.3) is 0 Å². The number of benzene rings is 1. The van der Waals surface area contributed by atoms with Crippen molar-refractivity contribution in [1.82, 2.24) is 10.0 Å². The van der Waals surface area contributed by atoms with E-state index in [0.717, 1.165) is 0 Å². The number of rotatable bonds is 13. The standard InChI is InChI=1S/C16H26N2O6S/c1-22-11-9-18-25(20,21)15-6-4-14(5-7-15)16(19)17-8-3-10-24-13-12-23-2/h4-7,18H,3,8-13H2,1-2H3,(H,17,19). The predicted molar refractivity (Wildman–Crippen MR) is 93.2 cm³/mol. The van der Waals surface area contributed by atoms with Crippen LogP contribution in [0.2, 0.25) is 0 Å². The van der Waals surface area contributed by atoms with Gasteiger partial charge in [0.1, 0.15) is 0 Å². The Labute approximate surface area is 148 Å². The Morgan fingerprint density at radius 2 is 1.64 bits per heavy atom. The molecule has 0 heterocycles. The van der Waals surface area contributed by atoms with Gasteiger partial charge >= 0.3 is 0 Å². The zero-order chi connectivity index (χ0) is 18.5. The highest BCUT2D eigenvalue weighted by molar-refractivity contribution is 7.89. The normalized spacial score (nSPS) is 11.4. The van der Waals surface area contributed by atoms with Gasteiger partial charge in [0.2, 0.25) is 10.0 Å². The number of carbonyl (C=O) groups excluding carboxylic acids is 1. The van der Waals surface area contributed by atoms with Gasteiger partial charge < -0.3 is 19.5 Å². The molecule has 9 heteroatoms. The zero-order valence-electron chi connectivity index (χ0n) is 14.6. The van der Waals surface area contributed by atoms with Crippen LogP contribution in [0.3, 0.4) is 0 Å². The van der Waals surface area contributed by atoms with Crippen molar-refractivity contribution in [1.29, 1.82) is 0 Å². The van der Waals surface area contributed by atoms with Gasteiger partial charge in [-0.2, -0.15) is 0 Å². The molecular weight excluding hydrogens is 348 g/mol. The molecule has 0 aromatic heterocycles. The Morgan fingerprint density at radius 1 is 0.960 bits per heavy atom. The number of nitrogens with one attached hydrogen (secondary N) is 2. The molecule has 8 nitrogen and oxygen atoms in total. The van der Waals surface area contributed by atoms with Gasteiger partial charge in [0, 0.05) is 39.5 Å². The summed E-state index contributed by atoms with van der Waals surface area (Å²) < 4.78 is 41.4. The van der Waals surface area contributed by atoms with Crippen LogP contribution < -0.4 is 10.0 Å². The minimum absolute atomic E-state index is 0.103. The van der Waals surface area contributed by atoms with Crippen LogP contribution in [0.15, 0.2) is 29.2 Å². The first-order chi connectivity index (χ1) is 12.0. The van der Waals surface area contributed by atoms with E-state index in [1.54, 1.807) is 7.11 Å². The van der Waals surface area contributed by atoms with E-state index in [1.807, 2.05) is 0 Å². The molecule has 0 aliphatic rings. The highest BCUT2D eigenvalue weighted by Gasteiger charge is 2.14. The molecule has 25 heavy (non-hydrogen) atoms. The average Bonchev–Trinajstić information content (AvgIpc) is 2.61. The summed E-state index contributed by atoms with van der Waals surface area (Å²) >= 11 is 0. The van der Waals surface area contributed by atoms with Gasteiger partial charge in [0.25, 0.3) is 5.91 Å². The summed E-state index contributed by atoms with van der Waals surface area (Å²) in [7, 11) is -0.495. The highest BCUT2D eigenvalue weighted by atomic mass is 32.2. The maximum atomic E-state index is 12.0. The number of ether oxygens (including phenoxy) is 3. The van der Waals surface area contributed by atoms with Gasteiger partial charge in [0.15, 0.2) is 0 Å². The molecule has 0 unspecified atom stereocenters. The average molecular weight is 374 g/mol. The lowest BCUT2D eigenvalue weighted by atomic mass is 10.2. The zero-order valence-corrected chi connectivity index (χ0v) is 15.4. The second kappa shape index (κ2) is 11.9. The van der Waals surface area contributed by atoms with Gasteiger partial charge in [-0.15, -0.1) is 0 Å². The smallest absolute Gasteiger partial charge is 0.251 e. The number of hydrogen-bond acceptors (Lipinski definition) is 6. The summed E-state index contributed by atoms with van der Waals surface area (Å²) in [6.07, 6.45) is 0.686. The fraction of sp³-hybridized carbons (Fsp3) is 0.562. The van der Waals surface area contributed by atoms with Crippen molar-refractivity contribution in [3.63, 3.8) is 0 Å². The molecule has 0 saturated carbocycles. The molecule has 0 aliphatic carbocycles. The monoisotopic (exact) mass is 374 g/mol. The lowest BCUT2D eigenvalue weighted by Crippen LogP contribution is -2.27. The SMILES string of the molecule is COCCNS(=O)(=O)c1ccc(C(=O)NCCCOCCOC)cc1. The van der Waals surface area contributed by atoms with Gasteiger partial charge in [-0.3, -0.25) is 4.79 Å². The molecule has 0 fully saturated rings. The molecule has 142 valence electrons. The molecule has 1 amide bonds. The number of amides is 1. The van der Waals surface area contributed by atoms with E-state index in [-0.39, 0.29) is 24.0 Å². The Hall–Kier alpha value is -1.52. The summed E-state index contributed by atoms with van der Waals surface area (Å²) in [5, 5.41) is 2.76. The van der Waals surface area contributed by atoms with Crippen molar-refractivity contribution in [3.8, 4) is 0 Å². The molecule has 2 N–H and O–H groups in total. The third-order valence-corrected chi connectivity index (χ3v) is 4.68. The molecule has 0 atom stereocenters. The first-order valence-corrected chi connectivity index (χ1v) is 9.43. The van der Waals surface area contributed by atoms with Crippen LogP contribution in [-0.2, 0) is 24.2 Å². The van der Waals surface area contributed by atoms with E-state index in [9.17, 15) is 13.2 Å². The summed E-state index contributed by atoms with van der Waals surface area (Å²) in [6.45, 7) is 2.56. The van der Waals surface area contributed by atoms with Crippen LogP contribution in [-0.4, -0.2) is 68.1 Å².